The molecule has 1 saturated heterocycles. The van der Waals surface area contributed by atoms with E-state index in [0.717, 1.165) is 44.8 Å². The zero-order valence-electron chi connectivity index (χ0n) is 10.7. The molecule has 1 aromatic rings. The molecule has 1 aliphatic rings. The fourth-order valence-corrected chi connectivity index (χ4v) is 2.36. The average Bonchev–Trinajstić information content (AvgIpc) is 2.40. The molecule has 5 heteroatoms. The number of piperazine rings is 1. The molecule has 98 valence electrons. The number of hydrogen-bond donors (Lipinski definition) is 1. The first-order valence-corrected chi connectivity index (χ1v) is 6.37. The van der Waals surface area contributed by atoms with Gasteiger partial charge in [-0.3, -0.25) is 9.88 Å². The molecule has 1 aliphatic heterocycles. The van der Waals surface area contributed by atoms with Crippen molar-refractivity contribution in [1.82, 2.24) is 9.88 Å². The maximum atomic E-state index is 11.2. The number of pyridine rings is 1. The fourth-order valence-electron chi connectivity index (χ4n) is 2.36. The quantitative estimate of drug-likeness (QED) is 0.872. The zero-order chi connectivity index (χ0) is 13.0. The van der Waals surface area contributed by atoms with Gasteiger partial charge in [-0.25, -0.2) is 4.79 Å². The highest BCUT2D eigenvalue weighted by Crippen LogP contribution is 2.20. The Balaban J connectivity index is 2.07. The van der Waals surface area contributed by atoms with Gasteiger partial charge in [0.1, 0.15) is 5.56 Å². The number of nitrogens with zero attached hydrogens (tertiary/aromatic N) is 3. The van der Waals surface area contributed by atoms with Crippen LogP contribution in [0.15, 0.2) is 18.5 Å². The van der Waals surface area contributed by atoms with Gasteiger partial charge in [0, 0.05) is 38.6 Å². The van der Waals surface area contributed by atoms with Crippen molar-refractivity contribution in [2.75, 3.05) is 37.6 Å². The van der Waals surface area contributed by atoms with E-state index in [1.807, 2.05) is 0 Å². The summed E-state index contributed by atoms with van der Waals surface area (Å²) in [7, 11) is 0. The van der Waals surface area contributed by atoms with Crippen LogP contribution in [0.1, 0.15) is 23.7 Å². The molecule has 1 N–H and O–H groups in total. The summed E-state index contributed by atoms with van der Waals surface area (Å²) in [4.78, 5) is 19.6. The summed E-state index contributed by atoms with van der Waals surface area (Å²) in [5.74, 6) is -0.908. The number of hydrogen-bond acceptors (Lipinski definition) is 4. The largest absolute Gasteiger partial charge is 0.478 e. The molecule has 5 nitrogen and oxygen atoms in total. The maximum Gasteiger partial charge on any atom is 0.339 e. The van der Waals surface area contributed by atoms with Crippen molar-refractivity contribution in [2.24, 2.45) is 0 Å². The first kappa shape index (κ1) is 12.8. The summed E-state index contributed by atoms with van der Waals surface area (Å²) in [5, 5.41) is 9.16. The van der Waals surface area contributed by atoms with E-state index in [1.54, 1.807) is 12.3 Å². The Bertz CT molecular complexity index is 414. The van der Waals surface area contributed by atoms with E-state index in [0.29, 0.717) is 5.56 Å². The monoisotopic (exact) mass is 249 g/mol. The molecular weight excluding hydrogens is 230 g/mol. The van der Waals surface area contributed by atoms with Crippen LogP contribution in [0.25, 0.3) is 0 Å². The molecule has 2 heterocycles. The predicted molar refractivity (Wildman–Crippen MR) is 70.1 cm³/mol. The average molecular weight is 249 g/mol. The van der Waals surface area contributed by atoms with Crippen LogP contribution in [0, 0.1) is 0 Å². The predicted octanol–water partition coefficient (Wildman–Crippen LogP) is 1.31. The SMILES string of the molecule is CCCN1CCN(c2ccncc2C(=O)O)CC1. The van der Waals surface area contributed by atoms with Crippen molar-refractivity contribution in [1.29, 1.82) is 0 Å². The van der Waals surface area contributed by atoms with E-state index in [-0.39, 0.29) is 0 Å². The van der Waals surface area contributed by atoms with E-state index in [1.165, 1.54) is 6.20 Å². The number of carboxylic acid groups (broad SMARTS) is 1. The highest BCUT2D eigenvalue weighted by molar-refractivity contribution is 5.94. The Morgan fingerprint density at radius 3 is 2.72 bits per heavy atom. The third kappa shape index (κ3) is 2.79. The van der Waals surface area contributed by atoms with E-state index >= 15 is 0 Å². The van der Waals surface area contributed by atoms with Crippen molar-refractivity contribution in [3.8, 4) is 0 Å². The van der Waals surface area contributed by atoms with Crippen LogP contribution < -0.4 is 4.90 Å². The van der Waals surface area contributed by atoms with Gasteiger partial charge in [0.2, 0.25) is 0 Å². The minimum absolute atomic E-state index is 0.293. The van der Waals surface area contributed by atoms with Crippen LogP contribution in [0.2, 0.25) is 0 Å². The van der Waals surface area contributed by atoms with E-state index < -0.39 is 5.97 Å². The maximum absolute atomic E-state index is 11.2. The van der Waals surface area contributed by atoms with Gasteiger partial charge in [0.05, 0.1) is 5.69 Å². The van der Waals surface area contributed by atoms with Gasteiger partial charge in [-0.05, 0) is 19.0 Å². The number of aromatic nitrogens is 1. The molecule has 0 atom stereocenters. The molecule has 1 fully saturated rings. The fraction of sp³-hybridized carbons (Fsp3) is 0.538. The second kappa shape index (κ2) is 5.82. The van der Waals surface area contributed by atoms with Crippen molar-refractivity contribution in [3.05, 3.63) is 24.0 Å². The Morgan fingerprint density at radius 2 is 2.11 bits per heavy atom. The molecule has 1 aromatic heterocycles. The summed E-state index contributed by atoms with van der Waals surface area (Å²) in [6, 6.07) is 1.79. The lowest BCUT2D eigenvalue weighted by Crippen LogP contribution is -2.47. The highest BCUT2D eigenvalue weighted by atomic mass is 16.4. The number of rotatable bonds is 4. The Hall–Kier alpha value is -1.62. The number of aromatic carboxylic acids is 1. The molecule has 0 bridgehead atoms. The van der Waals surface area contributed by atoms with Gasteiger partial charge in [-0.1, -0.05) is 6.92 Å². The van der Waals surface area contributed by atoms with Crippen LogP contribution in [-0.4, -0.2) is 53.7 Å². The molecule has 0 saturated carbocycles. The van der Waals surface area contributed by atoms with E-state index in [9.17, 15) is 4.79 Å². The molecule has 0 radical (unpaired) electrons. The Morgan fingerprint density at radius 1 is 1.39 bits per heavy atom. The second-order valence-electron chi connectivity index (χ2n) is 4.53. The minimum Gasteiger partial charge on any atom is -0.478 e. The zero-order valence-corrected chi connectivity index (χ0v) is 10.7. The second-order valence-corrected chi connectivity index (χ2v) is 4.53. The van der Waals surface area contributed by atoms with E-state index in [2.05, 4.69) is 21.7 Å². The summed E-state index contributed by atoms with van der Waals surface area (Å²) in [6.07, 6.45) is 4.24. The van der Waals surface area contributed by atoms with Gasteiger partial charge in [0.25, 0.3) is 0 Å². The van der Waals surface area contributed by atoms with Crippen molar-refractivity contribution < 1.29 is 9.90 Å². The van der Waals surface area contributed by atoms with Crippen molar-refractivity contribution >= 4 is 11.7 Å². The highest BCUT2D eigenvalue weighted by Gasteiger charge is 2.20. The summed E-state index contributed by atoms with van der Waals surface area (Å²) >= 11 is 0. The smallest absolute Gasteiger partial charge is 0.339 e. The lowest BCUT2D eigenvalue weighted by atomic mass is 10.2. The number of carbonyl (C=O) groups is 1. The number of anilines is 1. The van der Waals surface area contributed by atoms with Gasteiger partial charge >= 0.3 is 5.97 Å². The molecule has 0 spiro atoms. The summed E-state index contributed by atoms with van der Waals surface area (Å²) < 4.78 is 0. The lowest BCUT2D eigenvalue weighted by molar-refractivity contribution is 0.0697. The number of carboxylic acids is 1. The van der Waals surface area contributed by atoms with Crippen LogP contribution in [0.5, 0.6) is 0 Å². The van der Waals surface area contributed by atoms with Gasteiger partial charge in [0.15, 0.2) is 0 Å². The molecular formula is C13H19N3O2. The first-order chi connectivity index (χ1) is 8.72. The Kier molecular flexibility index (Phi) is 4.15. The molecule has 0 aliphatic carbocycles. The van der Waals surface area contributed by atoms with Crippen molar-refractivity contribution in [2.45, 2.75) is 13.3 Å². The molecule has 2 rings (SSSR count). The van der Waals surface area contributed by atoms with Crippen LogP contribution >= 0.6 is 0 Å². The third-order valence-corrected chi connectivity index (χ3v) is 3.28. The lowest BCUT2D eigenvalue weighted by Gasteiger charge is -2.36. The first-order valence-electron chi connectivity index (χ1n) is 6.37. The van der Waals surface area contributed by atoms with Crippen molar-refractivity contribution in [3.63, 3.8) is 0 Å². The third-order valence-electron chi connectivity index (χ3n) is 3.28. The minimum atomic E-state index is -0.908. The standard InChI is InChI=1S/C13H19N3O2/c1-2-5-15-6-8-16(9-7-15)12-3-4-14-10-11(12)13(17)18/h3-4,10H,2,5-9H2,1H3,(H,17,18). The molecule has 0 unspecified atom stereocenters. The summed E-state index contributed by atoms with van der Waals surface area (Å²) in [6.45, 7) is 7.05. The van der Waals surface area contributed by atoms with Gasteiger partial charge in [-0.2, -0.15) is 0 Å². The molecule has 0 amide bonds. The van der Waals surface area contributed by atoms with Gasteiger partial charge < -0.3 is 10.0 Å². The van der Waals surface area contributed by atoms with Gasteiger partial charge in [-0.15, -0.1) is 0 Å². The Labute approximate surface area is 107 Å². The van der Waals surface area contributed by atoms with Crippen LogP contribution in [-0.2, 0) is 0 Å². The summed E-state index contributed by atoms with van der Waals surface area (Å²) in [5.41, 5.74) is 1.08. The van der Waals surface area contributed by atoms with Crippen LogP contribution in [0.4, 0.5) is 5.69 Å². The molecule has 18 heavy (non-hydrogen) atoms. The molecule has 0 aromatic carbocycles. The van der Waals surface area contributed by atoms with Crippen LogP contribution in [0.3, 0.4) is 0 Å². The topological polar surface area (TPSA) is 56.7 Å². The normalized spacial score (nSPS) is 16.8. The van der Waals surface area contributed by atoms with E-state index in [4.69, 9.17) is 5.11 Å².